The van der Waals surface area contributed by atoms with Gasteiger partial charge in [0.2, 0.25) is 17.1 Å². The Labute approximate surface area is 832 Å². The van der Waals surface area contributed by atoms with E-state index in [-0.39, 0.29) is 136 Å². The summed E-state index contributed by atoms with van der Waals surface area (Å²) in [6.45, 7) is 18.3. The third kappa shape index (κ3) is 31.6. The molecular formula is C98H125ClFIN8O24S4Si. The number of sulfone groups is 4. The summed E-state index contributed by atoms with van der Waals surface area (Å²) in [5, 5.41) is 25.5. The van der Waals surface area contributed by atoms with Gasteiger partial charge >= 0.3 is 0 Å². The van der Waals surface area contributed by atoms with E-state index in [0.717, 1.165) is 93.5 Å². The summed E-state index contributed by atoms with van der Waals surface area (Å²) in [6.07, 6.45) is 12.4. The summed E-state index contributed by atoms with van der Waals surface area (Å²) < 4.78 is 173. The predicted molar refractivity (Wildman–Crippen MR) is 542 cm³/mol. The maximum atomic E-state index is 13.6. The van der Waals surface area contributed by atoms with Gasteiger partial charge in [0.05, 0.1) is 134 Å². The molecule has 5 aliphatic heterocycles. The molecule has 4 atom stereocenters. The smallest absolute Gasteiger partial charge is 0.257 e. The number of carbonyl (C=O) groups is 7. The third-order valence-electron chi connectivity index (χ3n) is 22.4. The van der Waals surface area contributed by atoms with Crippen LogP contribution in [0.1, 0.15) is 195 Å². The highest BCUT2D eigenvalue weighted by atomic mass is 127. The van der Waals surface area contributed by atoms with Crippen molar-refractivity contribution in [2.75, 3.05) is 131 Å². The number of anilines is 4. The van der Waals surface area contributed by atoms with Crippen molar-refractivity contribution in [2.45, 2.75) is 149 Å². The second-order valence-electron chi connectivity index (χ2n) is 35.0. The quantitative estimate of drug-likeness (QED) is 0.00772. The zero-order valence-electron chi connectivity index (χ0n) is 83.2. The molecule has 750 valence electrons. The van der Waals surface area contributed by atoms with Crippen LogP contribution in [0.25, 0.3) is 0 Å². The lowest BCUT2D eigenvalue weighted by Gasteiger charge is -2.28. The van der Waals surface area contributed by atoms with E-state index < -0.39 is 89.2 Å². The largest absolute Gasteiger partial charge is 0.504 e. The van der Waals surface area contributed by atoms with Crippen molar-refractivity contribution in [3.63, 3.8) is 0 Å². The Morgan fingerprint density at radius 3 is 0.993 bits per heavy atom. The number of ether oxygens (including phenoxy) is 7. The number of hydrogen-bond donors (Lipinski definition) is 6. The molecule has 138 heavy (non-hydrogen) atoms. The van der Waals surface area contributed by atoms with Gasteiger partial charge in [0.15, 0.2) is 46.0 Å². The van der Waals surface area contributed by atoms with E-state index in [1.54, 1.807) is 129 Å². The zero-order valence-corrected chi connectivity index (χ0v) is 86.4. The number of nitrogen functional groups attached to an aromatic ring is 2. The van der Waals surface area contributed by atoms with E-state index in [9.17, 15) is 81.8 Å². The summed E-state index contributed by atoms with van der Waals surface area (Å²) in [4.78, 5) is 93.7. The topological polar surface area (TPSA) is 450 Å². The Kier molecular flexibility index (Phi) is 37.4. The number of alkyl halides is 1. The lowest BCUT2D eigenvalue weighted by molar-refractivity contribution is -0.118. The number of carbonyl (C=O) groups excluding carboxylic acids is 7. The second kappa shape index (κ2) is 49.3. The highest BCUT2D eigenvalue weighted by Crippen LogP contribution is 2.46. The Balaban J connectivity index is 0.000000199. The Morgan fingerprint density at radius 1 is 0.464 bits per heavy atom. The van der Waals surface area contributed by atoms with Gasteiger partial charge in [0.25, 0.3) is 23.6 Å². The van der Waals surface area contributed by atoms with Crippen molar-refractivity contribution in [2.24, 2.45) is 17.8 Å². The SMILES string of the molecule is C1CCOC1.CCOc1cc([C@@H](CS(C)(=O)=O)N2Cc3cccc(N)c3C2=O)ccc1O.CCOc1cc([C@@H](CS(C)(=O)=O)N2Cc3cccc(N)c3C2=O)ccc1OC.CCOc1cc([C@@H](CS(C)(=O)=O)N2Cc3cccc(NC(=O)C4CC4)c3C2=O)ccc1O.C[Si](C)(C)I.O=C(Cl)C1CC1.[2H]C([2H])([2H])Oc1ccc([C@@H](CS(C)(=O)=O)N2Cc3cccc(NC(=O)C4CC4)c3C2=O)cc1OCC.[2H]CF. The number of rotatable bonds is 31. The summed E-state index contributed by atoms with van der Waals surface area (Å²) in [5.41, 5.74) is 19.7. The molecule has 5 heterocycles. The van der Waals surface area contributed by atoms with E-state index in [0.29, 0.717) is 111 Å². The molecule has 40 heteroatoms. The fourth-order valence-electron chi connectivity index (χ4n) is 15.7. The number of nitrogens with zero attached hydrogens (tertiary/aromatic N) is 4. The van der Waals surface area contributed by atoms with Gasteiger partial charge < -0.3 is 85.1 Å². The number of aromatic hydroxyl groups is 2. The summed E-state index contributed by atoms with van der Waals surface area (Å²) >= 11 is 7.55. The monoisotopic (exact) mass is 2140 g/mol. The van der Waals surface area contributed by atoms with Crippen LogP contribution < -0.4 is 50.5 Å². The van der Waals surface area contributed by atoms with Crippen molar-refractivity contribution in [1.82, 2.24) is 19.6 Å². The van der Waals surface area contributed by atoms with E-state index in [1.807, 2.05) is 19.1 Å². The second-order valence-corrected chi connectivity index (χ2v) is 58.0. The lowest BCUT2D eigenvalue weighted by Crippen LogP contribution is -2.34. The first-order valence-corrected chi connectivity index (χ1v) is 60.0. The van der Waals surface area contributed by atoms with E-state index in [4.69, 9.17) is 61.7 Å². The van der Waals surface area contributed by atoms with Gasteiger partial charge in [-0.2, -0.15) is 0 Å². The van der Waals surface area contributed by atoms with Crippen molar-refractivity contribution >= 4 is 142 Å². The number of methoxy groups -OCH3 is 2. The van der Waals surface area contributed by atoms with Gasteiger partial charge in [0.1, 0.15) is 44.9 Å². The van der Waals surface area contributed by atoms with Gasteiger partial charge in [-0.25, -0.2) is 33.7 Å². The number of phenols is 2. The molecule has 32 nitrogen and oxygen atoms in total. The number of benzene rings is 8. The minimum atomic E-state index is -3.54. The number of fused-ring (bicyclic) bond motifs is 4. The van der Waals surface area contributed by atoms with Crippen LogP contribution in [0.15, 0.2) is 146 Å². The number of nitrogens with two attached hydrogens (primary N) is 2. The minimum absolute atomic E-state index is 0.00886. The van der Waals surface area contributed by atoms with Crippen LogP contribution in [0.2, 0.25) is 19.6 Å². The average molecular weight is 2140 g/mol. The van der Waals surface area contributed by atoms with Crippen molar-refractivity contribution in [1.29, 1.82) is 0 Å². The number of nitrogens with one attached hydrogen (secondary N) is 2. The van der Waals surface area contributed by atoms with Gasteiger partial charge in [-0.05, 0) is 208 Å². The van der Waals surface area contributed by atoms with Crippen LogP contribution >= 0.6 is 33.4 Å². The highest BCUT2D eigenvalue weighted by Gasteiger charge is 2.44. The van der Waals surface area contributed by atoms with Crippen LogP contribution in [-0.2, 0) is 84.6 Å². The van der Waals surface area contributed by atoms with Crippen LogP contribution in [0.5, 0.6) is 46.0 Å². The molecule has 6 amide bonds. The predicted octanol–water partition coefficient (Wildman–Crippen LogP) is 15.4. The van der Waals surface area contributed by atoms with Crippen LogP contribution in [0.3, 0.4) is 0 Å². The molecule has 8 aromatic carbocycles. The van der Waals surface area contributed by atoms with Gasteiger partial charge in [-0.3, -0.25) is 38.0 Å². The molecule has 4 fully saturated rings. The zero-order chi connectivity index (χ0) is 105. The van der Waals surface area contributed by atoms with E-state index in [1.165, 1.54) is 65.0 Å². The fraction of sp³-hybridized carbons (Fsp3) is 0.439. The van der Waals surface area contributed by atoms with E-state index in [2.05, 4.69) is 52.1 Å². The number of phenolic OH excluding ortho intramolecular Hbond substituents is 2. The first-order valence-electron chi connectivity index (χ1n) is 47.0. The van der Waals surface area contributed by atoms with Gasteiger partial charge in [-0.1, -0.05) is 92.4 Å². The highest BCUT2D eigenvalue weighted by molar-refractivity contribution is 14.1. The first kappa shape index (κ1) is 105. The lowest BCUT2D eigenvalue weighted by atomic mass is 10.1. The molecular weight excluding hydrogens is 2010 g/mol. The van der Waals surface area contributed by atoms with Crippen LogP contribution in [0.4, 0.5) is 27.1 Å². The van der Waals surface area contributed by atoms with Gasteiger partial charge in [-0.15, -0.1) is 21.8 Å². The molecule has 16 rings (SSSR count). The van der Waals surface area contributed by atoms with Crippen molar-refractivity contribution < 1.29 is 120 Å². The third-order valence-corrected chi connectivity index (χ3v) is 26.4. The maximum Gasteiger partial charge on any atom is 0.257 e. The summed E-state index contributed by atoms with van der Waals surface area (Å²) in [5.74, 6) is -0.921. The van der Waals surface area contributed by atoms with Crippen molar-refractivity contribution in [3.05, 3.63) is 212 Å². The molecule has 1 saturated heterocycles. The molecule has 0 spiro atoms. The molecule has 3 saturated carbocycles. The van der Waals surface area contributed by atoms with Crippen LogP contribution in [0, 0.1) is 17.8 Å². The molecule has 0 bridgehead atoms. The standard InChI is InChI=1S/C24H28N2O6S.C23H26N2O6S.C20H24N2O5S.C19H22N2O5S.C4H5ClO.C4H8O.C3H9ISi.CH3F/c1-4-32-21-12-16(10-11-20(21)31-2)19(14-33(3,29)30)26-13-17-6-5-7-18(22(17)24(26)28)25-23(27)15-8-9-15;1-3-31-20-11-15(9-10-19(20)26)18(13-32(2,29)30)25-12-16-5-4-6-17(21(16)23(25)28)24-22(27)14-7-8-14;1-4-27-18-10-13(8-9-17(18)26-2)16(12-28(3,24)25)22-11-14-6-5-7-15(21)19(14)20(22)23;1-3-26-17-9-12(7-8-16(17)22)15(11-27(2,24)25)21-10-13-5-4-6-14(20)18(13)19(21)23;5-4(6)3-1-2-3;1-2-4-5-3-1;1-5(2,3)4;1-2/h5-7,10-12,15,19H,4,8-9,13-14H2,1-3H3,(H,25,27);4-6,9-11,14,18,26H,3,7-8,12-13H2,1-2H3,(H,24,27);5-10,16H,4,11-12,21H2,1-3H3;4-9,15,22H,3,10-11,20H2,1-2H3;3H,1-2H2;1-4H2;1-3H3;1H3/t19-;18-;16-;15-;;;;/m1111..../s1/i2D3;;;;;;;1D. The Hall–Kier alpha value is -10.8. The molecule has 0 aromatic heterocycles. The molecule has 0 radical (unpaired) electrons. The molecule has 3 aliphatic carbocycles. The van der Waals surface area contributed by atoms with Gasteiger partial charge in [0, 0.05) is 93.5 Å². The minimum Gasteiger partial charge on any atom is -0.504 e. The number of amides is 6. The summed E-state index contributed by atoms with van der Waals surface area (Å²) in [6, 6.07) is 36.8. The van der Waals surface area contributed by atoms with E-state index >= 15 is 0 Å². The number of hydrogen-bond acceptors (Lipinski definition) is 26. The maximum absolute atomic E-state index is 13.6. The molecule has 0 unspecified atom stereocenters. The molecule has 8 N–H and O–H groups in total. The number of halogens is 3. The normalized spacial score (nSPS) is 16.4. The summed E-state index contributed by atoms with van der Waals surface area (Å²) in [7, 11) is -15.9. The van der Waals surface area contributed by atoms with Crippen LogP contribution in [-0.4, -0.2) is 219 Å². The fourth-order valence-corrected chi connectivity index (χ4v) is 19.7. The molecule has 8 aromatic rings. The first-order chi connectivity index (χ1) is 66.7. The average Bonchev–Trinajstić information content (AvgIpc) is 1.61. The Morgan fingerprint density at radius 2 is 0.739 bits per heavy atom. The molecule has 8 aliphatic rings. The Bertz CT molecular complexity index is 6350. The van der Waals surface area contributed by atoms with Crippen molar-refractivity contribution in [3.8, 4) is 46.0 Å².